The molecular weight excluding hydrogens is 305 g/mol. The minimum Gasteiger partial charge on any atom is -0.355 e. The Morgan fingerprint density at radius 2 is 1.92 bits per heavy atom. The van der Waals surface area contributed by atoms with E-state index in [1.165, 1.54) is 6.07 Å². The van der Waals surface area contributed by atoms with Gasteiger partial charge in [-0.2, -0.15) is 5.10 Å². The number of hydrogen-bond donors (Lipinski definition) is 1. The Bertz CT molecular complexity index is 876. The molecule has 2 aromatic heterocycles. The number of nitrogens with zero attached hydrogens (tertiary/aromatic N) is 4. The van der Waals surface area contributed by atoms with Crippen molar-refractivity contribution < 1.29 is 4.39 Å². The maximum atomic E-state index is 14.0. The number of hydrogen-bond acceptors (Lipinski definition) is 4. The molecule has 1 N–H and O–H groups in total. The number of aromatic nitrogens is 4. The lowest BCUT2D eigenvalue weighted by atomic mass is 9.83. The van der Waals surface area contributed by atoms with E-state index in [0.717, 1.165) is 31.7 Å². The molecule has 0 aliphatic carbocycles. The average Bonchev–Trinajstić information content (AvgIpc) is 2.98. The zero-order valence-corrected chi connectivity index (χ0v) is 13.9. The highest BCUT2D eigenvalue weighted by molar-refractivity contribution is 5.87. The van der Waals surface area contributed by atoms with Crippen molar-refractivity contribution in [3.8, 4) is 11.3 Å². The molecule has 0 amide bonds. The van der Waals surface area contributed by atoms with E-state index < -0.39 is 0 Å². The predicted molar refractivity (Wildman–Crippen MR) is 92.3 cm³/mol. The molecule has 1 aliphatic rings. The van der Waals surface area contributed by atoms with E-state index in [9.17, 15) is 4.39 Å². The Morgan fingerprint density at radius 3 is 2.67 bits per heavy atom. The highest BCUT2D eigenvalue weighted by atomic mass is 19.1. The van der Waals surface area contributed by atoms with Crippen LogP contribution in [0, 0.1) is 11.2 Å². The fourth-order valence-electron chi connectivity index (χ4n) is 3.13. The summed E-state index contributed by atoms with van der Waals surface area (Å²) in [5, 5.41) is 7.11. The molecule has 0 unspecified atom stereocenters. The third-order valence-electron chi connectivity index (χ3n) is 4.84. The second-order valence-corrected chi connectivity index (χ2v) is 7.13. The first-order valence-electron chi connectivity index (χ1n) is 8.24. The summed E-state index contributed by atoms with van der Waals surface area (Å²) < 4.78 is 14.0. The number of H-pyrrole nitrogens is 1. The van der Waals surface area contributed by atoms with Gasteiger partial charge in [0.1, 0.15) is 17.2 Å². The van der Waals surface area contributed by atoms with E-state index in [-0.39, 0.29) is 5.82 Å². The maximum absolute atomic E-state index is 14.0. The minimum atomic E-state index is -0.299. The molecule has 3 heterocycles. The van der Waals surface area contributed by atoms with E-state index >= 15 is 0 Å². The molecule has 0 saturated carbocycles. The van der Waals surface area contributed by atoms with Crippen LogP contribution < -0.4 is 4.90 Å². The summed E-state index contributed by atoms with van der Waals surface area (Å²) in [6.45, 7) is 6.54. The van der Waals surface area contributed by atoms with Crippen LogP contribution in [0.15, 0.2) is 30.5 Å². The molecule has 0 atom stereocenters. The van der Waals surface area contributed by atoms with Crippen LogP contribution in [-0.4, -0.2) is 33.3 Å². The van der Waals surface area contributed by atoms with Gasteiger partial charge in [0, 0.05) is 18.7 Å². The van der Waals surface area contributed by atoms with Crippen molar-refractivity contribution in [2.75, 3.05) is 18.0 Å². The number of aromatic amines is 1. The standard InChI is InChI=1S/C18H20FN5/c1-18(2)7-9-24(10-8-18)14-11-20-16-15(22-23-17(16)21-14)12-5-3-4-6-13(12)19/h3-6,11H,7-10H2,1-2H3,(H,21,22,23). The lowest BCUT2D eigenvalue weighted by Crippen LogP contribution is -2.37. The Hall–Kier alpha value is -2.50. The smallest absolute Gasteiger partial charge is 0.202 e. The summed E-state index contributed by atoms with van der Waals surface area (Å²) in [7, 11) is 0. The van der Waals surface area contributed by atoms with E-state index in [0.29, 0.717) is 27.8 Å². The van der Waals surface area contributed by atoms with Crippen molar-refractivity contribution in [3.05, 3.63) is 36.3 Å². The summed E-state index contributed by atoms with van der Waals surface area (Å²) in [6.07, 6.45) is 4.03. The van der Waals surface area contributed by atoms with Crippen LogP contribution in [0.1, 0.15) is 26.7 Å². The van der Waals surface area contributed by atoms with Gasteiger partial charge in [0.2, 0.25) is 5.65 Å². The number of piperidine rings is 1. The summed E-state index contributed by atoms with van der Waals surface area (Å²) >= 11 is 0. The van der Waals surface area contributed by atoms with E-state index in [1.54, 1.807) is 24.4 Å². The van der Waals surface area contributed by atoms with Gasteiger partial charge in [-0.05, 0) is 30.4 Å². The van der Waals surface area contributed by atoms with Crippen molar-refractivity contribution in [1.82, 2.24) is 20.2 Å². The largest absolute Gasteiger partial charge is 0.355 e. The SMILES string of the molecule is CC1(C)CCN(c2cnc3c(-c4ccccc4F)[nH]nc3n2)CC1. The lowest BCUT2D eigenvalue weighted by Gasteiger charge is -2.37. The van der Waals surface area contributed by atoms with Gasteiger partial charge < -0.3 is 4.90 Å². The summed E-state index contributed by atoms with van der Waals surface area (Å²) in [6, 6.07) is 6.60. The second kappa shape index (κ2) is 5.54. The molecule has 3 aromatic rings. The number of rotatable bonds is 2. The first-order valence-corrected chi connectivity index (χ1v) is 8.24. The fourth-order valence-corrected chi connectivity index (χ4v) is 3.13. The fraction of sp³-hybridized carbons (Fsp3) is 0.389. The normalized spacial score (nSPS) is 17.4. The van der Waals surface area contributed by atoms with Crippen LogP contribution in [0.3, 0.4) is 0 Å². The molecule has 0 spiro atoms. The molecule has 6 heteroatoms. The molecule has 1 fully saturated rings. The third-order valence-corrected chi connectivity index (χ3v) is 4.84. The van der Waals surface area contributed by atoms with Gasteiger partial charge in [-0.1, -0.05) is 26.0 Å². The van der Waals surface area contributed by atoms with Gasteiger partial charge >= 0.3 is 0 Å². The molecule has 0 bridgehead atoms. The summed E-state index contributed by atoms with van der Waals surface area (Å²) in [4.78, 5) is 11.4. The van der Waals surface area contributed by atoms with Crippen molar-refractivity contribution >= 4 is 17.0 Å². The molecular formula is C18H20FN5. The van der Waals surface area contributed by atoms with Crippen LogP contribution in [0.5, 0.6) is 0 Å². The van der Waals surface area contributed by atoms with Crippen LogP contribution in [0.4, 0.5) is 10.2 Å². The molecule has 1 aliphatic heterocycles. The zero-order valence-electron chi connectivity index (χ0n) is 13.9. The Morgan fingerprint density at radius 1 is 1.17 bits per heavy atom. The quantitative estimate of drug-likeness (QED) is 0.779. The van der Waals surface area contributed by atoms with Crippen molar-refractivity contribution in [2.24, 2.45) is 5.41 Å². The third kappa shape index (κ3) is 2.62. The van der Waals surface area contributed by atoms with Crippen LogP contribution in [-0.2, 0) is 0 Å². The summed E-state index contributed by atoms with van der Waals surface area (Å²) in [5.74, 6) is 0.539. The Labute approximate surface area is 139 Å². The molecule has 0 radical (unpaired) electrons. The van der Waals surface area contributed by atoms with Gasteiger partial charge in [0.25, 0.3) is 0 Å². The number of benzene rings is 1. The Kier molecular flexibility index (Phi) is 3.48. The number of halogens is 1. The van der Waals surface area contributed by atoms with Crippen molar-refractivity contribution in [3.63, 3.8) is 0 Å². The lowest BCUT2D eigenvalue weighted by molar-refractivity contribution is 0.279. The molecule has 4 rings (SSSR count). The average molecular weight is 325 g/mol. The minimum absolute atomic E-state index is 0.299. The topological polar surface area (TPSA) is 57.7 Å². The molecule has 5 nitrogen and oxygen atoms in total. The highest BCUT2D eigenvalue weighted by Crippen LogP contribution is 2.32. The van der Waals surface area contributed by atoms with Crippen molar-refractivity contribution in [2.45, 2.75) is 26.7 Å². The summed E-state index contributed by atoms with van der Waals surface area (Å²) in [5.41, 5.74) is 2.54. The van der Waals surface area contributed by atoms with Crippen molar-refractivity contribution in [1.29, 1.82) is 0 Å². The van der Waals surface area contributed by atoms with E-state index in [1.807, 2.05) is 0 Å². The van der Waals surface area contributed by atoms with Crippen LogP contribution in [0.25, 0.3) is 22.4 Å². The monoisotopic (exact) mass is 325 g/mol. The van der Waals surface area contributed by atoms with Gasteiger partial charge in [-0.15, -0.1) is 0 Å². The number of nitrogens with one attached hydrogen (secondary N) is 1. The van der Waals surface area contributed by atoms with Crippen LogP contribution in [0.2, 0.25) is 0 Å². The predicted octanol–water partition coefficient (Wildman–Crippen LogP) is 3.79. The first kappa shape index (κ1) is 15.1. The second-order valence-electron chi connectivity index (χ2n) is 7.13. The van der Waals surface area contributed by atoms with Crippen LogP contribution >= 0.6 is 0 Å². The van der Waals surface area contributed by atoms with Gasteiger partial charge in [-0.25, -0.2) is 14.4 Å². The van der Waals surface area contributed by atoms with E-state index in [2.05, 4.69) is 38.9 Å². The zero-order chi connectivity index (χ0) is 16.7. The first-order chi connectivity index (χ1) is 11.5. The molecule has 1 aromatic carbocycles. The highest BCUT2D eigenvalue weighted by Gasteiger charge is 2.26. The maximum Gasteiger partial charge on any atom is 0.202 e. The molecule has 1 saturated heterocycles. The number of anilines is 1. The molecule has 124 valence electrons. The molecule has 24 heavy (non-hydrogen) atoms. The number of fused-ring (bicyclic) bond motifs is 1. The Balaban J connectivity index is 1.68. The van der Waals surface area contributed by atoms with Gasteiger partial charge in [-0.3, -0.25) is 5.10 Å². The van der Waals surface area contributed by atoms with E-state index in [4.69, 9.17) is 0 Å². The van der Waals surface area contributed by atoms with Gasteiger partial charge in [0.05, 0.1) is 11.9 Å². The van der Waals surface area contributed by atoms with Gasteiger partial charge in [0.15, 0.2) is 0 Å².